The molecule has 2 aromatic rings. The summed E-state index contributed by atoms with van der Waals surface area (Å²) in [6, 6.07) is 15.6. The van der Waals surface area contributed by atoms with Gasteiger partial charge >= 0.3 is 6.03 Å². The van der Waals surface area contributed by atoms with Crippen molar-refractivity contribution in [2.75, 3.05) is 5.32 Å². The molecule has 0 aliphatic heterocycles. The molecule has 0 aromatic heterocycles. The zero-order valence-corrected chi connectivity index (χ0v) is 12.3. The molecule has 1 saturated carbocycles. The van der Waals surface area contributed by atoms with Gasteiger partial charge in [0.15, 0.2) is 0 Å². The first-order chi connectivity index (χ1) is 10.7. The lowest BCUT2D eigenvalue weighted by atomic mass is 9.88. The lowest BCUT2D eigenvalue weighted by Gasteiger charge is -2.31. The molecule has 1 fully saturated rings. The molecular formula is C18H19FN2O. The quantitative estimate of drug-likeness (QED) is 0.865. The first kappa shape index (κ1) is 14.6. The number of carbonyl (C=O) groups excluding carboxylic acids is 1. The predicted octanol–water partition coefficient (Wildman–Crippen LogP) is 4.42. The van der Waals surface area contributed by atoms with E-state index >= 15 is 0 Å². The minimum atomic E-state index is -0.396. The molecule has 0 atom stereocenters. The molecule has 4 heteroatoms. The van der Waals surface area contributed by atoms with Crippen molar-refractivity contribution in [1.29, 1.82) is 0 Å². The molecule has 0 heterocycles. The fourth-order valence-electron chi connectivity index (χ4n) is 3.13. The van der Waals surface area contributed by atoms with Crippen LogP contribution in [-0.2, 0) is 5.54 Å². The lowest BCUT2D eigenvalue weighted by molar-refractivity contribution is 0.236. The van der Waals surface area contributed by atoms with Gasteiger partial charge < -0.3 is 10.6 Å². The maximum atomic E-state index is 13.1. The molecule has 3 nitrogen and oxygen atoms in total. The van der Waals surface area contributed by atoms with Crippen LogP contribution in [0.4, 0.5) is 14.9 Å². The number of hydrogen-bond donors (Lipinski definition) is 2. The van der Waals surface area contributed by atoms with Crippen LogP contribution < -0.4 is 10.6 Å². The van der Waals surface area contributed by atoms with Crippen LogP contribution in [0.25, 0.3) is 0 Å². The number of hydrogen-bond acceptors (Lipinski definition) is 1. The Morgan fingerprint density at radius 2 is 1.59 bits per heavy atom. The minimum absolute atomic E-state index is 0.225. The fraction of sp³-hybridized carbons (Fsp3) is 0.278. The Labute approximate surface area is 129 Å². The molecular weight excluding hydrogens is 279 g/mol. The number of nitrogens with one attached hydrogen (secondary N) is 2. The fourth-order valence-corrected chi connectivity index (χ4v) is 3.13. The number of halogens is 1. The van der Waals surface area contributed by atoms with E-state index in [1.807, 2.05) is 30.3 Å². The Morgan fingerprint density at radius 1 is 0.955 bits per heavy atom. The maximum absolute atomic E-state index is 13.1. The van der Waals surface area contributed by atoms with Gasteiger partial charge in [-0.05, 0) is 42.7 Å². The van der Waals surface area contributed by atoms with Crippen molar-refractivity contribution in [1.82, 2.24) is 5.32 Å². The molecule has 1 aliphatic carbocycles. The summed E-state index contributed by atoms with van der Waals surface area (Å²) in [6.07, 6.45) is 3.87. The Balaban J connectivity index is 1.77. The van der Waals surface area contributed by atoms with Crippen molar-refractivity contribution in [2.45, 2.75) is 31.2 Å². The number of rotatable bonds is 3. The first-order valence-corrected chi connectivity index (χ1v) is 7.58. The third-order valence-electron chi connectivity index (χ3n) is 4.24. The Bertz CT molecular complexity index is 634. The summed E-state index contributed by atoms with van der Waals surface area (Å²) in [7, 11) is 0. The second-order valence-corrected chi connectivity index (χ2v) is 5.74. The average Bonchev–Trinajstić information content (AvgIpc) is 2.98. The van der Waals surface area contributed by atoms with E-state index in [1.54, 1.807) is 12.1 Å². The van der Waals surface area contributed by atoms with Crippen molar-refractivity contribution >= 4 is 11.7 Å². The maximum Gasteiger partial charge on any atom is 0.319 e. The molecule has 0 spiro atoms. The second-order valence-electron chi connectivity index (χ2n) is 5.74. The van der Waals surface area contributed by atoms with Gasteiger partial charge in [-0.1, -0.05) is 43.2 Å². The van der Waals surface area contributed by atoms with E-state index in [4.69, 9.17) is 0 Å². The molecule has 0 bridgehead atoms. The number of amides is 2. The van der Waals surface area contributed by atoms with E-state index in [9.17, 15) is 9.18 Å². The summed E-state index contributed by atoms with van der Waals surface area (Å²) in [4.78, 5) is 12.3. The molecule has 2 amide bonds. The highest BCUT2D eigenvalue weighted by Crippen LogP contribution is 2.38. The normalized spacial score (nSPS) is 16.2. The van der Waals surface area contributed by atoms with Gasteiger partial charge in [-0.15, -0.1) is 0 Å². The van der Waals surface area contributed by atoms with Gasteiger partial charge in [0.25, 0.3) is 0 Å². The predicted molar refractivity (Wildman–Crippen MR) is 85.1 cm³/mol. The Morgan fingerprint density at radius 3 is 2.23 bits per heavy atom. The summed E-state index contributed by atoms with van der Waals surface area (Å²) >= 11 is 0. The molecule has 2 aromatic carbocycles. The molecule has 1 aliphatic rings. The van der Waals surface area contributed by atoms with Crippen LogP contribution in [-0.4, -0.2) is 6.03 Å². The van der Waals surface area contributed by atoms with Crippen LogP contribution in [0, 0.1) is 5.82 Å². The summed E-state index contributed by atoms with van der Waals surface area (Å²) in [5, 5.41) is 5.95. The van der Waals surface area contributed by atoms with Gasteiger partial charge in [0.05, 0.1) is 5.54 Å². The monoisotopic (exact) mass is 298 g/mol. The van der Waals surface area contributed by atoms with E-state index in [2.05, 4.69) is 10.6 Å². The molecule has 0 saturated heterocycles. The summed E-state index contributed by atoms with van der Waals surface area (Å²) in [6.45, 7) is 0. The number of urea groups is 1. The topological polar surface area (TPSA) is 41.1 Å². The van der Waals surface area contributed by atoms with Crippen LogP contribution in [0.15, 0.2) is 54.6 Å². The van der Waals surface area contributed by atoms with Crippen LogP contribution in [0.2, 0.25) is 0 Å². The highest BCUT2D eigenvalue weighted by molar-refractivity contribution is 5.89. The van der Waals surface area contributed by atoms with Gasteiger partial charge in [0.2, 0.25) is 0 Å². The number of anilines is 1. The zero-order chi connectivity index (χ0) is 15.4. The Kier molecular flexibility index (Phi) is 4.09. The van der Waals surface area contributed by atoms with Crippen molar-refractivity contribution in [3.05, 3.63) is 66.0 Å². The van der Waals surface area contributed by atoms with Gasteiger partial charge in [-0.3, -0.25) is 0 Å². The van der Waals surface area contributed by atoms with Crippen LogP contribution in [0.5, 0.6) is 0 Å². The van der Waals surface area contributed by atoms with E-state index in [1.165, 1.54) is 12.1 Å². The molecule has 3 rings (SSSR count). The molecule has 2 N–H and O–H groups in total. The second kappa shape index (κ2) is 6.18. The smallest absolute Gasteiger partial charge is 0.319 e. The van der Waals surface area contributed by atoms with Crippen LogP contribution in [0.1, 0.15) is 31.2 Å². The first-order valence-electron chi connectivity index (χ1n) is 7.58. The summed E-state index contributed by atoms with van der Waals surface area (Å²) < 4.78 is 13.1. The third-order valence-corrected chi connectivity index (χ3v) is 4.24. The van der Waals surface area contributed by atoms with E-state index in [-0.39, 0.29) is 11.8 Å². The third kappa shape index (κ3) is 3.11. The van der Waals surface area contributed by atoms with E-state index < -0.39 is 5.54 Å². The number of para-hydroxylation sites is 1. The van der Waals surface area contributed by atoms with Crippen LogP contribution in [0.3, 0.4) is 0 Å². The van der Waals surface area contributed by atoms with Gasteiger partial charge in [-0.2, -0.15) is 0 Å². The largest absolute Gasteiger partial charge is 0.328 e. The summed E-state index contributed by atoms with van der Waals surface area (Å²) in [5.74, 6) is -0.259. The van der Waals surface area contributed by atoms with Crippen molar-refractivity contribution < 1.29 is 9.18 Å². The van der Waals surface area contributed by atoms with Gasteiger partial charge in [0, 0.05) is 5.69 Å². The van der Waals surface area contributed by atoms with E-state index in [0.717, 1.165) is 36.9 Å². The van der Waals surface area contributed by atoms with Crippen molar-refractivity contribution in [3.63, 3.8) is 0 Å². The minimum Gasteiger partial charge on any atom is -0.328 e. The van der Waals surface area contributed by atoms with E-state index in [0.29, 0.717) is 0 Å². The van der Waals surface area contributed by atoms with Crippen molar-refractivity contribution in [2.24, 2.45) is 0 Å². The summed E-state index contributed by atoms with van der Waals surface area (Å²) in [5.41, 5.74) is 1.33. The van der Waals surface area contributed by atoms with Crippen LogP contribution >= 0.6 is 0 Å². The number of carbonyl (C=O) groups is 1. The van der Waals surface area contributed by atoms with Crippen molar-refractivity contribution in [3.8, 4) is 0 Å². The molecule has 0 radical (unpaired) electrons. The highest BCUT2D eigenvalue weighted by Gasteiger charge is 2.37. The molecule has 114 valence electrons. The SMILES string of the molecule is O=C(Nc1ccccc1)NC1(c2ccc(F)cc2)CCCC1. The molecule has 0 unspecified atom stereocenters. The lowest BCUT2D eigenvalue weighted by Crippen LogP contribution is -2.45. The van der Waals surface area contributed by atoms with Gasteiger partial charge in [0.1, 0.15) is 5.82 Å². The average molecular weight is 298 g/mol. The standard InChI is InChI=1S/C18H19FN2O/c19-15-10-8-14(9-11-15)18(12-4-5-13-18)21-17(22)20-16-6-2-1-3-7-16/h1-3,6-11H,4-5,12-13H2,(H2,20,21,22). The zero-order valence-electron chi connectivity index (χ0n) is 12.3. The molecule has 22 heavy (non-hydrogen) atoms. The highest BCUT2D eigenvalue weighted by atomic mass is 19.1. The van der Waals surface area contributed by atoms with Gasteiger partial charge in [-0.25, -0.2) is 9.18 Å². The number of benzene rings is 2. The Hall–Kier alpha value is -2.36.